The van der Waals surface area contributed by atoms with Gasteiger partial charge in [-0.15, -0.1) is 10.2 Å². The molecule has 1 aromatic heterocycles. The molecule has 0 aliphatic heterocycles. The first-order chi connectivity index (χ1) is 16.8. The number of amides is 1. The lowest BCUT2D eigenvalue weighted by Gasteiger charge is -2.25. The van der Waals surface area contributed by atoms with E-state index in [4.69, 9.17) is 4.74 Å². The Labute approximate surface area is 199 Å². The van der Waals surface area contributed by atoms with Crippen molar-refractivity contribution in [2.24, 2.45) is 5.92 Å². The lowest BCUT2D eigenvalue weighted by atomic mass is 9.86. The predicted molar refractivity (Wildman–Crippen MR) is 123 cm³/mol. The first kappa shape index (κ1) is 24.4. The second kappa shape index (κ2) is 10.7. The van der Waals surface area contributed by atoms with E-state index in [-0.39, 0.29) is 25.1 Å². The molecule has 1 saturated carbocycles. The summed E-state index contributed by atoms with van der Waals surface area (Å²) >= 11 is 0. The molecule has 0 radical (unpaired) electrons. The SMILES string of the molecule is O=C(CCc1nnc(-c2cccc(OCC3CCC3)c2)[nH]c1=O)NCc1cccc(C(F)(F)F)c1. The highest BCUT2D eigenvalue weighted by molar-refractivity contribution is 5.76. The largest absolute Gasteiger partial charge is 0.493 e. The van der Waals surface area contributed by atoms with Crippen LogP contribution in [0.5, 0.6) is 5.75 Å². The first-order valence-electron chi connectivity index (χ1n) is 11.4. The fraction of sp³-hybridized carbons (Fsp3) is 0.360. The number of aromatic nitrogens is 3. The van der Waals surface area contributed by atoms with Crippen LogP contribution in [0, 0.1) is 5.92 Å². The third kappa shape index (κ3) is 6.68. The van der Waals surface area contributed by atoms with Gasteiger partial charge in [0.05, 0.1) is 12.2 Å². The summed E-state index contributed by atoms with van der Waals surface area (Å²) in [5, 5.41) is 10.6. The molecule has 10 heteroatoms. The summed E-state index contributed by atoms with van der Waals surface area (Å²) in [6.45, 7) is 0.614. The van der Waals surface area contributed by atoms with Crippen LogP contribution in [-0.4, -0.2) is 27.7 Å². The number of benzene rings is 2. The number of ether oxygens (including phenoxy) is 1. The monoisotopic (exact) mass is 486 g/mol. The lowest BCUT2D eigenvalue weighted by Crippen LogP contribution is -2.25. The van der Waals surface area contributed by atoms with E-state index in [1.807, 2.05) is 12.1 Å². The summed E-state index contributed by atoms with van der Waals surface area (Å²) < 4.78 is 44.3. The van der Waals surface area contributed by atoms with Gasteiger partial charge in [0.2, 0.25) is 5.91 Å². The average molecular weight is 486 g/mol. The fourth-order valence-corrected chi connectivity index (χ4v) is 3.64. The van der Waals surface area contributed by atoms with Gasteiger partial charge in [-0.1, -0.05) is 30.7 Å². The van der Waals surface area contributed by atoms with Gasteiger partial charge >= 0.3 is 6.18 Å². The number of aryl methyl sites for hydroxylation is 1. The van der Waals surface area contributed by atoms with Crippen molar-refractivity contribution in [3.8, 4) is 17.1 Å². The Morgan fingerprint density at radius 1 is 1.11 bits per heavy atom. The molecule has 0 atom stereocenters. The highest BCUT2D eigenvalue weighted by Crippen LogP contribution is 2.30. The topological polar surface area (TPSA) is 97.0 Å². The normalized spacial score (nSPS) is 13.8. The number of halogens is 3. The molecule has 1 amide bonds. The minimum absolute atomic E-state index is 0.0432. The van der Waals surface area contributed by atoms with Crippen molar-refractivity contribution in [2.45, 2.75) is 44.8 Å². The van der Waals surface area contributed by atoms with Gasteiger partial charge in [0.1, 0.15) is 11.4 Å². The van der Waals surface area contributed by atoms with Crippen molar-refractivity contribution in [1.82, 2.24) is 20.5 Å². The van der Waals surface area contributed by atoms with Gasteiger partial charge in [0.15, 0.2) is 5.82 Å². The van der Waals surface area contributed by atoms with E-state index in [2.05, 4.69) is 20.5 Å². The standard InChI is InChI=1S/C25H25F3N4O3/c26-25(27,28)19-8-2-6-17(12-19)14-29-22(33)11-10-21-24(34)30-23(32-31-21)18-7-3-9-20(13-18)35-15-16-4-1-5-16/h2-3,6-9,12-13,16H,1,4-5,10-11,14-15H2,(H,29,33)(H,30,32,34). The summed E-state index contributed by atoms with van der Waals surface area (Å²) in [5.41, 5.74) is -0.149. The van der Waals surface area contributed by atoms with E-state index in [1.165, 1.54) is 31.4 Å². The van der Waals surface area contributed by atoms with E-state index in [0.717, 1.165) is 12.1 Å². The Kier molecular flexibility index (Phi) is 7.48. The maximum Gasteiger partial charge on any atom is 0.416 e. The molecule has 0 unspecified atom stereocenters. The van der Waals surface area contributed by atoms with Crippen LogP contribution in [-0.2, 0) is 23.9 Å². The highest BCUT2D eigenvalue weighted by atomic mass is 19.4. The molecule has 0 spiro atoms. The summed E-state index contributed by atoms with van der Waals surface area (Å²) in [6, 6.07) is 12.0. The van der Waals surface area contributed by atoms with Crippen LogP contribution in [0.15, 0.2) is 53.3 Å². The minimum atomic E-state index is -4.45. The molecular formula is C25H25F3N4O3. The first-order valence-corrected chi connectivity index (χ1v) is 11.4. The van der Waals surface area contributed by atoms with Crippen LogP contribution in [0.25, 0.3) is 11.4 Å². The number of hydrogen-bond acceptors (Lipinski definition) is 5. The van der Waals surface area contributed by atoms with Crippen molar-refractivity contribution in [2.75, 3.05) is 6.61 Å². The minimum Gasteiger partial charge on any atom is -0.493 e. The maximum absolute atomic E-state index is 12.8. The van der Waals surface area contributed by atoms with Gasteiger partial charge in [0, 0.05) is 24.9 Å². The van der Waals surface area contributed by atoms with Gasteiger partial charge in [-0.05, 0) is 48.6 Å². The second-order valence-electron chi connectivity index (χ2n) is 8.56. The van der Waals surface area contributed by atoms with Gasteiger partial charge in [-0.3, -0.25) is 9.59 Å². The Morgan fingerprint density at radius 3 is 2.63 bits per heavy atom. The number of carbonyl (C=O) groups excluding carboxylic acids is 1. The van der Waals surface area contributed by atoms with Gasteiger partial charge in [-0.25, -0.2) is 0 Å². The Bertz CT molecular complexity index is 1240. The van der Waals surface area contributed by atoms with E-state index in [0.29, 0.717) is 35.2 Å². The molecule has 2 aromatic carbocycles. The number of aromatic amines is 1. The molecule has 184 valence electrons. The molecule has 1 aliphatic carbocycles. The molecule has 4 rings (SSSR count). The quantitative estimate of drug-likeness (QED) is 0.471. The van der Waals surface area contributed by atoms with Crippen LogP contribution >= 0.6 is 0 Å². The zero-order valence-electron chi connectivity index (χ0n) is 18.9. The number of nitrogens with zero attached hydrogens (tertiary/aromatic N) is 2. The third-order valence-corrected chi connectivity index (χ3v) is 5.92. The smallest absolute Gasteiger partial charge is 0.416 e. The molecule has 2 N–H and O–H groups in total. The van der Waals surface area contributed by atoms with Crippen molar-refractivity contribution in [3.63, 3.8) is 0 Å². The van der Waals surface area contributed by atoms with Crippen molar-refractivity contribution >= 4 is 5.91 Å². The molecule has 3 aromatic rings. The van der Waals surface area contributed by atoms with Gasteiger partial charge < -0.3 is 15.0 Å². The molecule has 1 aliphatic rings. The number of H-pyrrole nitrogens is 1. The van der Waals surface area contributed by atoms with Crippen LogP contribution in [0.4, 0.5) is 13.2 Å². The summed E-state index contributed by atoms with van der Waals surface area (Å²) in [6.07, 6.45) is -0.848. The number of hydrogen-bond donors (Lipinski definition) is 2. The highest BCUT2D eigenvalue weighted by Gasteiger charge is 2.30. The average Bonchev–Trinajstić information content (AvgIpc) is 2.81. The van der Waals surface area contributed by atoms with Crippen LogP contribution in [0.1, 0.15) is 42.5 Å². The van der Waals surface area contributed by atoms with Crippen molar-refractivity contribution in [3.05, 3.63) is 75.7 Å². The third-order valence-electron chi connectivity index (χ3n) is 5.92. The lowest BCUT2D eigenvalue weighted by molar-refractivity contribution is -0.137. The van der Waals surface area contributed by atoms with Crippen LogP contribution < -0.4 is 15.6 Å². The summed E-state index contributed by atoms with van der Waals surface area (Å²) in [7, 11) is 0. The molecule has 0 saturated heterocycles. The van der Waals surface area contributed by atoms with Gasteiger partial charge in [-0.2, -0.15) is 13.2 Å². The van der Waals surface area contributed by atoms with E-state index >= 15 is 0 Å². The Balaban J connectivity index is 1.30. The van der Waals surface area contributed by atoms with Crippen LogP contribution in [0.2, 0.25) is 0 Å². The maximum atomic E-state index is 12.8. The molecule has 35 heavy (non-hydrogen) atoms. The van der Waals surface area contributed by atoms with Crippen molar-refractivity contribution in [1.29, 1.82) is 0 Å². The Morgan fingerprint density at radius 2 is 1.91 bits per heavy atom. The van der Waals surface area contributed by atoms with E-state index in [1.54, 1.807) is 12.1 Å². The molecule has 1 fully saturated rings. The van der Waals surface area contributed by atoms with Crippen molar-refractivity contribution < 1.29 is 22.7 Å². The molecule has 7 nitrogen and oxygen atoms in total. The molecular weight excluding hydrogens is 461 g/mol. The number of alkyl halides is 3. The number of rotatable bonds is 9. The summed E-state index contributed by atoms with van der Waals surface area (Å²) in [4.78, 5) is 27.3. The number of carbonyl (C=O) groups is 1. The molecule has 1 heterocycles. The predicted octanol–water partition coefficient (Wildman–Crippen LogP) is 4.28. The second-order valence-corrected chi connectivity index (χ2v) is 8.56. The fourth-order valence-electron chi connectivity index (χ4n) is 3.64. The number of nitrogens with one attached hydrogen (secondary N) is 2. The van der Waals surface area contributed by atoms with Crippen LogP contribution in [0.3, 0.4) is 0 Å². The zero-order chi connectivity index (χ0) is 24.8. The zero-order valence-corrected chi connectivity index (χ0v) is 18.9. The molecule has 0 bridgehead atoms. The van der Waals surface area contributed by atoms with Gasteiger partial charge in [0.25, 0.3) is 5.56 Å². The van der Waals surface area contributed by atoms with E-state index in [9.17, 15) is 22.8 Å². The summed E-state index contributed by atoms with van der Waals surface area (Å²) in [5.74, 6) is 1.17. The van der Waals surface area contributed by atoms with E-state index < -0.39 is 23.2 Å². The Hall–Kier alpha value is -3.69.